The highest BCUT2D eigenvalue weighted by atomic mass is 28.2. The van der Waals surface area contributed by atoms with Gasteiger partial charge in [0, 0.05) is 0 Å². The van der Waals surface area contributed by atoms with Gasteiger partial charge in [0.05, 0.1) is 10.4 Å². The molecule has 0 amide bonds. The summed E-state index contributed by atoms with van der Waals surface area (Å²) >= 11 is 0. The summed E-state index contributed by atoms with van der Waals surface area (Å²) in [7, 11) is 1.10. The van der Waals surface area contributed by atoms with E-state index in [-0.39, 0.29) is 0 Å². The average molecular weight is 151 g/mol. The fraction of sp³-hybridized carbons (Fsp3) is 0.250. The molecule has 0 aliphatic rings. The number of nitrogens with one attached hydrogen (secondary N) is 1. The summed E-state index contributed by atoms with van der Waals surface area (Å²) in [5, 5.41) is 0. The van der Waals surface area contributed by atoms with Gasteiger partial charge in [0.25, 0.3) is 0 Å². The second kappa shape index (κ2) is 4.25. The van der Waals surface area contributed by atoms with Crippen LogP contribution >= 0.6 is 0 Å². The molecule has 10 heavy (non-hydrogen) atoms. The normalized spacial score (nSPS) is 10.0. The van der Waals surface area contributed by atoms with Gasteiger partial charge in [-0.3, -0.25) is 0 Å². The van der Waals surface area contributed by atoms with Crippen LogP contribution < -0.4 is 4.98 Å². The van der Waals surface area contributed by atoms with Crippen molar-refractivity contribution in [2.24, 2.45) is 0 Å². The summed E-state index contributed by atoms with van der Waals surface area (Å²) in [4.78, 5) is 3.26. The zero-order chi connectivity index (χ0) is 7.23. The van der Waals surface area contributed by atoms with Gasteiger partial charge in [0.2, 0.25) is 0 Å². The van der Waals surface area contributed by atoms with E-state index in [4.69, 9.17) is 0 Å². The van der Waals surface area contributed by atoms with Gasteiger partial charge in [-0.05, 0) is 18.5 Å². The number of hydrogen-bond acceptors (Lipinski definition) is 1. The van der Waals surface area contributed by atoms with Crippen molar-refractivity contribution in [2.45, 2.75) is 6.42 Å². The summed E-state index contributed by atoms with van der Waals surface area (Å²) in [6.45, 7) is 1.12. The zero-order valence-electron chi connectivity index (χ0n) is 6.30. The van der Waals surface area contributed by atoms with E-state index in [0.717, 1.165) is 23.4 Å². The lowest BCUT2D eigenvalue weighted by molar-refractivity contribution is 0.898. The molecule has 2 heteroatoms. The fourth-order valence-electron chi connectivity index (χ4n) is 0.914. The summed E-state index contributed by atoms with van der Waals surface area (Å²) in [5.74, 6) is 0. The summed E-state index contributed by atoms with van der Waals surface area (Å²) in [5.41, 5.74) is 1.42. The first-order chi connectivity index (χ1) is 4.93. The molecule has 0 unspecified atom stereocenters. The van der Waals surface area contributed by atoms with E-state index < -0.39 is 0 Å². The van der Waals surface area contributed by atoms with Gasteiger partial charge < -0.3 is 4.98 Å². The Morgan fingerprint density at radius 3 is 2.50 bits per heavy atom. The van der Waals surface area contributed by atoms with E-state index in [0.29, 0.717) is 0 Å². The Bertz CT molecular complexity index is 174. The van der Waals surface area contributed by atoms with Crippen molar-refractivity contribution in [1.29, 1.82) is 0 Å². The van der Waals surface area contributed by atoms with Crippen molar-refractivity contribution in [3.8, 4) is 0 Å². The minimum atomic E-state index is 1.10. The van der Waals surface area contributed by atoms with Crippen LogP contribution in [-0.4, -0.2) is 16.9 Å². The molecule has 1 aromatic carbocycles. The van der Waals surface area contributed by atoms with Gasteiger partial charge >= 0.3 is 0 Å². The van der Waals surface area contributed by atoms with E-state index in [1.54, 1.807) is 0 Å². The Balaban J connectivity index is 2.43. The van der Waals surface area contributed by atoms with Crippen molar-refractivity contribution in [2.75, 3.05) is 6.54 Å². The Kier molecular flexibility index (Phi) is 3.19. The molecule has 0 heterocycles. The van der Waals surface area contributed by atoms with E-state index >= 15 is 0 Å². The molecule has 0 aliphatic carbocycles. The molecule has 0 saturated heterocycles. The Hall–Kier alpha value is -0.603. The molecule has 0 saturated carbocycles. The maximum absolute atomic E-state index is 3.26. The van der Waals surface area contributed by atoms with Crippen molar-refractivity contribution in [1.82, 2.24) is 4.98 Å². The van der Waals surface area contributed by atoms with Crippen LogP contribution in [-0.2, 0) is 6.42 Å². The van der Waals surface area contributed by atoms with Crippen molar-refractivity contribution < 1.29 is 0 Å². The molecule has 0 atom stereocenters. The Labute approximate surface area is 65.0 Å². The third kappa shape index (κ3) is 2.33. The molecule has 1 aromatic rings. The second-order valence-corrected chi connectivity index (χ2v) is 3.05. The lowest BCUT2D eigenvalue weighted by Gasteiger charge is -1.98. The fourth-order valence-corrected chi connectivity index (χ4v) is 1.16. The lowest BCUT2D eigenvalue weighted by atomic mass is 10.2. The zero-order valence-corrected chi connectivity index (χ0v) is 8.30. The predicted molar refractivity (Wildman–Crippen MR) is 48.1 cm³/mol. The van der Waals surface area contributed by atoms with Crippen LogP contribution in [0.15, 0.2) is 30.3 Å². The molecule has 0 radical (unpaired) electrons. The van der Waals surface area contributed by atoms with E-state index in [2.05, 4.69) is 35.3 Å². The molecule has 0 spiro atoms. The SMILES string of the molecule is [SiH3]NCCc1ccccc1. The number of benzene rings is 1. The molecular formula is C8H13NSi. The van der Waals surface area contributed by atoms with Crippen LogP contribution in [0, 0.1) is 0 Å². The second-order valence-electron chi connectivity index (χ2n) is 2.34. The monoisotopic (exact) mass is 151 g/mol. The molecule has 0 aromatic heterocycles. The predicted octanol–water partition coefficient (Wildman–Crippen LogP) is 0.0991. The standard InChI is InChI=1S/C8H13NSi/c10-9-7-6-8-4-2-1-3-5-8/h1-5,9H,6-7H2,10H3. The van der Waals surface area contributed by atoms with Crippen molar-refractivity contribution in [3.05, 3.63) is 35.9 Å². The maximum atomic E-state index is 3.26. The van der Waals surface area contributed by atoms with Crippen molar-refractivity contribution in [3.63, 3.8) is 0 Å². The highest BCUT2D eigenvalue weighted by molar-refractivity contribution is 6.04. The molecule has 1 nitrogen and oxygen atoms in total. The van der Waals surface area contributed by atoms with Crippen LogP contribution in [0.25, 0.3) is 0 Å². The van der Waals surface area contributed by atoms with Gasteiger partial charge in [-0.2, -0.15) is 0 Å². The summed E-state index contributed by atoms with van der Waals surface area (Å²) < 4.78 is 0. The molecule has 0 fully saturated rings. The molecule has 1 N–H and O–H groups in total. The smallest absolute Gasteiger partial charge is 0.0749 e. The molecule has 54 valence electrons. The summed E-state index contributed by atoms with van der Waals surface area (Å²) in [6.07, 6.45) is 1.16. The Morgan fingerprint density at radius 2 is 1.90 bits per heavy atom. The summed E-state index contributed by atoms with van der Waals surface area (Å²) in [6, 6.07) is 10.6. The minimum absolute atomic E-state index is 1.10. The van der Waals surface area contributed by atoms with Crippen LogP contribution in [0.2, 0.25) is 0 Å². The van der Waals surface area contributed by atoms with Gasteiger partial charge in [-0.1, -0.05) is 30.3 Å². The quantitative estimate of drug-likeness (QED) is 0.604. The van der Waals surface area contributed by atoms with E-state index in [1.807, 2.05) is 0 Å². The topological polar surface area (TPSA) is 12.0 Å². The average Bonchev–Trinajstić information content (AvgIpc) is 2.03. The van der Waals surface area contributed by atoms with Crippen LogP contribution in [0.3, 0.4) is 0 Å². The van der Waals surface area contributed by atoms with Gasteiger partial charge in [0.1, 0.15) is 0 Å². The first kappa shape index (κ1) is 7.50. The molecule has 0 bridgehead atoms. The first-order valence-corrected chi connectivity index (χ1v) is 4.62. The number of rotatable bonds is 3. The highest BCUT2D eigenvalue weighted by Crippen LogP contribution is 1.97. The van der Waals surface area contributed by atoms with E-state index in [9.17, 15) is 0 Å². The third-order valence-corrected chi connectivity index (χ3v) is 2.01. The minimum Gasteiger partial charge on any atom is -0.345 e. The highest BCUT2D eigenvalue weighted by Gasteiger charge is 1.86. The van der Waals surface area contributed by atoms with Gasteiger partial charge in [0.15, 0.2) is 0 Å². The third-order valence-electron chi connectivity index (χ3n) is 1.51. The van der Waals surface area contributed by atoms with Crippen LogP contribution in [0.5, 0.6) is 0 Å². The first-order valence-electron chi connectivity index (χ1n) is 3.62. The Morgan fingerprint density at radius 1 is 1.20 bits per heavy atom. The molecular weight excluding hydrogens is 138 g/mol. The molecule has 0 aliphatic heterocycles. The largest absolute Gasteiger partial charge is 0.345 e. The van der Waals surface area contributed by atoms with Crippen molar-refractivity contribution >= 4 is 10.4 Å². The molecule has 1 rings (SSSR count). The van der Waals surface area contributed by atoms with Crippen LogP contribution in [0.1, 0.15) is 5.56 Å². The van der Waals surface area contributed by atoms with Gasteiger partial charge in [-0.15, -0.1) is 0 Å². The lowest BCUT2D eigenvalue weighted by Crippen LogP contribution is -2.11. The number of hydrogen-bond donors (Lipinski definition) is 1. The maximum Gasteiger partial charge on any atom is 0.0749 e. The van der Waals surface area contributed by atoms with E-state index in [1.165, 1.54) is 5.56 Å². The van der Waals surface area contributed by atoms with Gasteiger partial charge in [-0.25, -0.2) is 0 Å². The van der Waals surface area contributed by atoms with Crippen LogP contribution in [0.4, 0.5) is 0 Å².